The van der Waals surface area contributed by atoms with E-state index in [2.05, 4.69) is 4.90 Å². The van der Waals surface area contributed by atoms with Crippen molar-refractivity contribution in [2.45, 2.75) is 24.5 Å². The number of carbonyl (C=O) groups is 1. The molecule has 0 aliphatic carbocycles. The van der Waals surface area contributed by atoms with E-state index in [4.69, 9.17) is 10.7 Å². The van der Waals surface area contributed by atoms with Crippen LogP contribution in [-0.2, 0) is 13.8 Å². The Labute approximate surface area is 107 Å². The van der Waals surface area contributed by atoms with Crippen LogP contribution in [0.4, 0.5) is 0 Å². The van der Waals surface area contributed by atoms with Crippen LogP contribution in [0.25, 0.3) is 0 Å². The maximum Gasteiger partial charge on any atom is 0.237 e. The van der Waals surface area contributed by atoms with Gasteiger partial charge in [-0.15, -0.1) is 0 Å². The van der Waals surface area contributed by atoms with Crippen molar-refractivity contribution in [3.05, 3.63) is 0 Å². The average Bonchev–Trinajstić information content (AvgIpc) is 2.54. The summed E-state index contributed by atoms with van der Waals surface area (Å²) in [6, 6.07) is 0. The van der Waals surface area contributed by atoms with Crippen LogP contribution >= 0.6 is 10.7 Å². The number of rotatable bonds is 6. The summed E-state index contributed by atoms with van der Waals surface area (Å²) in [5, 5.41) is -0.731. The molecule has 1 atom stereocenters. The summed E-state index contributed by atoms with van der Waals surface area (Å²) in [6.07, 6.45) is 1.91. The Balaban J connectivity index is 2.34. The molecular formula is C10H19ClN2O3S. The second-order valence-corrected chi connectivity index (χ2v) is 7.56. The summed E-state index contributed by atoms with van der Waals surface area (Å²) in [5.74, 6) is -0.107. The van der Waals surface area contributed by atoms with Crippen molar-refractivity contribution in [1.29, 1.82) is 0 Å². The fourth-order valence-corrected chi connectivity index (χ4v) is 2.93. The fraction of sp³-hybridized carbons (Fsp3) is 0.900. The molecule has 0 N–H and O–H groups in total. The molecule has 0 saturated carbocycles. The van der Waals surface area contributed by atoms with E-state index in [0.717, 1.165) is 19.4 Å². The summed E-state index contributed by atoms with van der Waals surface area (Å²) in [6.45, 7) is 1.83. The predicted octanol–water partition coefficient (Wildman–Crippen LogP) is 0.498. The number of amides is 1. The molecule has 5 nitrogen and oxygen atoms in total. The van der Waals surface area contributed by atoms with Crippen molar-refractivity contribution in [3.63, 3.8) is 0 Å². The van der Waals surface area contributed by atoms with Crippen molar-refractivity contribution in [2.24, 2.45) is 0 Å². The minimum atomic E-state index is -3.61. The first-order valence-electron chi connectivity index (χ1n) is 5.66. The zero-order valence-electron chi connectivity index (χ0n) is 10.2. The molecule has 1 fully saturated rings. The normalized spacial score (nSPS) is 21.5. The van der Waals surface area contributed by atoms with Gasteiger partial charge in [0.1, 0.15) is 5.25 Å². The second-order valence-electron chi connectivity index (χ2n) is 4.65. The van der Waals surface area contributed by atoms with Crippen LogP contribution in [0.15, 0.2) is 0 Å². The largest absolute Gasteiger partial charge is 0.341 e. The summed E-state index contributed by atoms with van der Waals surface area (Å²) < 4.78 is 22.2. The zero-order valence-corrected chi connectivity index (χ0v) is 11.8. The molecular weight excluding hydrogens is 264 g/mol. The zero-order chi connectivity index (χ0) is 13.1. The van der Waals surface area contributed by atoms with Gasteiger partial charge in [-0.25, -0.2) is 8.42 Å². The van der Waals surface area contributed by atoms with Gasteiger partial charge in [0.15, 0.2) is 0 Å². The Kier molecular flexibility index (Phi) is 5.22. The Hall–Kier alpha value is -0.330. The summed E-state index contributed by atoms with van der Waals surface area (Å²) in [7, 11) is 5.64. The highest BCUT2D eigenvalue weighted by molar-refractivity contribution is 8.14. The van der Waals surface area contributed by atoms with Crippen molar-refractivity contribution in [1.82, 2.24) is 9.80 Å². The number of hydrogen-bond acceptors (Lipinski definition) is 4. The molecule has 0 bridgehead atoms. The Morgan fingerprint density at radius 2 is 2.06 bits per heavy atom. The minimum Gasteiger partial charge on any atom is -0.341 e. The lowest BCUT2D eigenvalue weighted by Gasteiger charge is -2.16. The van der Waals surface area contributed by atoms with E-state index in [1.807, 2.05) is 14.1 Å². The molecule has 1 heterocycles. The van der Waals surface area contributed by atoms with Gasteiger partial charge < -0.3 is 9.80 Å². The van der Waals surface area contributed by atoms with Crippen molar-refractivity contribution in [3.8, 4) is 0 Å². The van der Waals surface area contributed by atoms with Gasteiger partial charge in [0.05, 0.1) is 0 Å². The minimum absolute atomic E-state index is 0.0273. The molecule has 7 heteroatoms. The van der Waals surface area contributed by atoms with Gasteiger partial charge in [-0.1, -0.05) is 0 Å². The lowest BCUT2D eigenvalue weighted by molar-refractivity contribution is -0.127. The van der Waals surface area contributed by atoms with Gasteiger partial charge in [-0.2, -0.15) is 0 Å². The molecule has 0 aromatic rings. The van der Waals surface area contributed by atoms with Gasteiger partial charge in [0.25, 0.3) is 0 Å². The summed E-state index contributed by atoms with van der Waals surface area (Å²) >= 11 is 0. The molecule has 100 valence electrons. The average molecular weight is 283 g/mol. The molecule has 0 aromatic heterocycles. The van der Waals surface area contributed by atoms with Crippen LogP contribution in [0.2, 0.25) is 0 Å². The Morgan fingerprint density at radius 3 is 2.53 bits per heavy atom. The highest BCUT2D eigenvalue weighted by atomic mass is 35.7. The van der Waals surface area contributed by atoms with E-state index in [0.29, 0.717) is 6.54 Å². The molecule has 1 unspecified atom stereocenters. The van der Waals surface area contributed by atoms with Gasteiger partial charge in [0, 0.05) is 30.2 Å². The van der Waals surface area contributed by atoms with Crippen LogP contribution in [-0.4, -0.2) is 63.1 Å². The smallest absolute Gasteiger partial charge is 0.237 e. The lowest BCUT2D eigenvalue weighted by Crippen LogP contribution is -2.28. The topological polar surface area (TPSA) is 57.7 Å². The predicted molar refractivity (Wildman–Crippen MR) is 67.5 cm³/mol. The SMILES string of the molecule is CN(C)CCCCN1CC(S(=O)(=O)Cl)CC1=O. The molecule has 17 heavy (non-hydrogen) atoms. The molecule has 1 rings (SSSR count). The van der Waals surface area contributed by atoms with Gasteiger partial charge in [0.2, 0.25) is 15.0 Å². The van der Waals surface area contributed by atoms with E-state index in [1.54, 1.807) is 4.90 Å². The van der Waals surface area contributed by atoms with E-state index >= 15 is 0 Å². The summed E-state index contributed by atoms with van der Waals surface area (Å²) in [4.78, 5) is 15.2. The first kappa shape index (κ1) is 14.7. The standard InChI is InChI=1S/C10H19ClN2O3S/c1-12(2)5-3-4-6-13-8-9(7-10(13)14)17(11,15)16/h9H,3-8H2,1-2H3. The quantitative estimate of drug-likeness (QED) is 0.526. The molecule has 1 saturated heterocycles. The maximum atomic E-state index is 11.6. The first-order chi connectivity index (χ1) is 7.80. The molecule has 0 radical (unpaired) electrons. The van der Waals surface area contributed by atoms with E-state index in [1.165, 1.54) is 0 Å². The third kappa shape index (κ3) is 4.81. The Morgan fingerprint density at radius 1 is 1.41 bits per heavy atom. The van der Waals surface area contributed by atoms with Crippen molar-refractivity contribution < 1.29 is 13.2 Å². The monoisotopic (exact) mass is 282 g/mol. The van der Waals surface area contributed by atoms with Crippen LogP contribution in [0, 0.1) is 0 Å². The van der Waals surface area contributed by atoms with Gasteiger partial charge in [-0.05, 0) is 33.5 Å². The lowest BCUT2D eigenvalue weighted by atomic mass is 10.3. The number of hydrogen-bond donors (Lipinski definition) is 0. The number of carbonyl (C=O) groups excluding carboxylic acids is 1. The third-order valence-electron chi connectivity index (χ3n) is 2.86. The van der Waals surface area contributed by atoms with E-state index in [9.17, 15) is 13.2 Å². The molecule has 1 amide bonds. The molecule has 1 aliphatic heterocycles. The van der Waals surface area contributed by atoms with E-state index < -0.39 is 14.3 Å². The Bertz CT molecular complexity index is 370. The maximum absolute atomic E-state index is 11.6. The first-order valence-corrected chi connectivity index (χ1v) is 8.04. The number of unbranched alkanes of at least 4 members (excludes halogenated alkanes) is 1. The second kappa shape index (κ2) is 6.02. The molecule has 0 spiro atoms. The highest BCUT2D eigenvalue weighted by Crippen LogP contribution is 2.21. The van der Waals surface area contributed by atoms with Gasteiger partial charge >= 0.3 is 0 Å². The summed E-state index contributed by atoms with van der Waals surface area (Å²) in [5.41, 5.74) is 0. The van der Waals surface area contributed by atoms with Crippen molar-refractivity contribution >= 4 is 25.6 Å². The number of nitrogens with zero attached hydrogens (tertiary/aromatic N) is 2. The molecule has 1 aliphatic rings. The van der Waals surface area contributed by atoms with Crippen molar-refractivity contribution in [2.75, 3.05) is 33.7 Å². The molecule has 0 aromatic carbocycles. The van der Waals surface area contributed by atoms with Crippen LogP contribution < -0.4 is 0 Å². The van der Waals surface area contributed by atoms with Gasteiger partial charge in [-0.3, -0.25) is 4.79 Å². The van der Waals surface area contributed by atoms with Crippen LogP contribution in [0.1, 0.15) is 19.3 Å². The number of halogens is 1. The van der Waals surface area contributed by atoms with Crippen LogP contribution in [0.3, 0.4) is 0 Å². The highest BCUT2D eigenvalue weighted by Gasteiger charge is 2.36. The van der Waals surface area contributed by atoms with E-state index in [-0.39, 0.29) is 18.9 Å². The fourth-order valence-electron chi connectivity index (χ4n) is 1.87. The third-order valence-corrected chi connectivity index (χ3v) is 4.73. The number of likely N-dealkylation sites (tertiary alicyclic amines) is 1. The van der Waals surface area contributed by atoms with Crippen LogP contribution in [0.5, 0.6) is 0 Å².